The Morgan fingerprint density at radius 1 is 1.26 bits per heavy atom. The molecule has 1 unspecified atom stereocenters. The van der Waals surface area contributed by atoms with Gasteiger partial charge in [-0.2, -0.15) is 0 Å². The normalized spacial score (nSPS) is 33.6. The number of para-hydroxylation sites is 1. The van der Waals surface area contributed by atoms with Crippen LogP contribution in [0.3, 0.4) is 0 Å². The van der Waals surface area contributed by atoms with Crippen LogP contribution in [0.2, 0.25) is 5.02 Å². The number of halogens is 1. The van der Waals surface area contributed by atoms with Gasteiger partial charge in [-0.3, -0.25) is 14.4 Å². The summed E-state index contributed by atoms with van der Waals surface area (Å²) in [6, 6.07) is 3.98. The molecule has 0 aliphatic carbocycles. The Morgan fingerprint density at radius 3 is 2.79 bits per heavy atom. The topological polar surface area (TPSA) is 87.2 Å². The number of anilines is 1. The minimum Gasteiger partial charge on any atom is -0.465 e. The highest BCUT2D eigenvalue weighted by atomic mass is 35.5. The van der Waals surface area contributed by atoms with E-state index in [0.29, 0.717) is 23.7 Å². The lowest BCUT2D eigenvalue weighted by atomic mass is 9.78. The molecule has 6 atom stereocenters. The van der Waals surface area contributed by atoms with E-state index in [1.165, 1.54) is 16.7 Å². The number of cyclic esters (lactones) is 1. The highest BCUT2D eigenvalue weighted by Gasteiger charge is 2.71. The van der Waals surface area contributed by atoms with E-state index in [0.717, 1.165) is 5.56 Å². The number of nitrogens with zero attached hydrogens (tertiary/aromatic N) is 2. The largest absolute Gasteiger partial charge is 0.465 e. The molecular formula is C25H27ClN2O5S. The second-order valence-corrected chi connectivity index (χ2v) is 11.2. The minimum absolute atomic E-state index is 0.267. The number of aryl methyl sites for hydroxylation is 1. The summed E-state index contributed by atoms with van der Waals surface area (Å²) in [6.45, 7) is 3.88. The summed E-state index contributed by atoms with van der Waals surface area (Å²) < 4.78 is 4.52. The van der Waals surface area contributed by atoms with Gasteiger partial charge >= 0.3 is 5.97 Å². The number of hydrogen-bond acceptors (Lipinski definition) is 6. The second-order valence-electron chi connectivity index (χ2n) is 9.26. The number of carbonyl (C=O) groups is 3. The molecule has 2 saturated heterocycles. The summed E-state index contributed by atoms with van der Waals surface area (Å²) in [5, 5.41) is 10.2. The fourth-order valence-corrected chi connectivity index (χ4v) is 8.09. The molecule has 180 valence electrons. The summed E-state index contributed by atoms with van der Waals surface area (Å²) >= 11 is 8.01. The number of thioether (sulfide) groups is 1. The number of esters is 1. The van der Waals surface area contributed by atoms with E-state index in [4.69, 9.17) is 16.3 Å². The highest BCUT2D eigenvalue weighted by molar-refractivity contribution is 8.02. The number of ether oxygens (including phenoxy) is 1. The number of carbonyl (C=O) groups excluding carboxylic acids is 3. The summed E-state index contributed by atoms with van der Waals surface area (Å²) in [7, 11) is 0. The molecule has 9 heteroatoms. The van der Waals surface area contributed by atoms with Crippen LogP contribution >= 0.6 is 23.4 Å². The maximum Gasteiger partial charge on any atom is 0.311 e. The average Bonchev–Trinajstić information content (AvgIpc) is 3.18. The quantitative estimate of drug-likeness (QED) is 0.505. The van der Waals surface area contributed by atoms with Gasteiger partial charge in [-0.05, 0) is 31.9 Å². The molecule has 0 saturated carbocycles. The number of fused-ring (bicyclic) bond motifs is 2. The van der Waals surface area contributed by atoms with Crippen LogP contribution in [-0.4, -0.2) is 69.6 Å². The van der Waals surface area contributed by atoms with Crippen LogP contribution in [0.5, 0.6) is 0 Å². The van der Waals surface area contributed by atoms with Gasteiger partial charge in [0.15, 0.2) is 0 Å². The number of benzene rings is 1. The standard InChI is InChI=1S/C25H27ClN2O5S/c1-14-7-5-8-16(26)20(14)27-11-6-10-25-19(18-17(34-25)9-3-4-12-33-24(18)32)22(30)28(15(2)13-29)21(25)23(27)31/h3,5-10,15,17-19,21,29H,4,11-13H2,1-2H3/t15-,17+,18-,19+,21?,25+/m1/s1. The molecule has 0 aromatic heterocycles. The van der Waals surface area contributed by atoms with Crippen LogP contribution in [0.1, 0.15) is 18.9 Å². The minimum atomic E-state index is -0.954. The van der Waals surface area contributed by atoms with Crippen molar-refractivity contribution in [2.24, 2.45) is 11.8 Å². The molecule has 4 heterocycles. The number of rotatable bonds is 3. The van der Waals surface area contributed by atoms with Crippen LogP contribution in [0.15, 0.2) is 42.5 Å². The maximum atomic E-state index is 14.3. The smallest absolute Gasteiger partial charge is 0.311 e. The molecule has 4 aliphatic rings. The third kappa shape index (κ3) is 3.33. The Kier molecular flexibility index (Phi) is 6.02. The number of aliphatic hydroxyl groups excluding tert-OH is 1. The van der Waals surface area contributed by atoms with E-state index < -0.39 is 34.6 Å². The predicted octanol–water partition coefficient (Wildman–Crippen LogP) is 2.73. The molecular weight excluding hydrogens is 476 g/mol. The lowest BCUT2D eigenvalue weighted by molar-refractivity contribution is -0.153. The van der Waals surface area contributed by atoms with Gasteiger partial charge in [0.1, 0.15) is 6.04 Å². The van der Waals surface area contributed by atoms with Crippen molar-refractivity contribution in [1.82, 2.24) is 4.90 Å². The Morgan fingerprint density at radius 2 is 2.06 bits per heavy atom. The molecule has 1 aromatic rings. The molecule has 1 spiro atoms. The SMILES string of the molecule is Cc1cccc(Cl)c1N1CC=C[C@]23S[C@H]4C=CCCOC(=O)[C@H]4[C@H]2C(=O)N([C@H](C)CO)C3C1=O. The zero-order valence-corrected chi connectivity index (χ0v) is 20.6. The van der Waals surface area contributed by atoms with Crippen LogP contribution in [-0.2, 0) is 19.1 Å². The first-order valence-electron chi connectivity index (χ1n) is 11.5. The average molecular weight is 503 g/mol. The van der Waals surface area contributed by atoms with E-state index >= 15 is 0 Å². The van der Waals surface area contributed by atoms with Gasteiger partial charge in [-0.25, -0.2) is 0 Å². The van der Waals surface area contributed by atoms with Crippen molar-refractivity contribution in [3.63, 3.8) is 0 Å². The first-order valence-corrected chi connectivity index (χ1v) is 12.8. The zero-order chi connectivity index (χ0) is 24.2. The van der Waals surface area contributed by atoms with Crippen molar-refractivity contribution in [2.45, 2.75) is 42.3 Å². The third-order valence-electron chi connectivity index (χ3n) is 7.26. The molecule has 5 rings (SSSR count). The van der Waals surface area contributed by atoms with Crippen LogP contribution in [0.4, 0.5) is 5.69 Å². The van der Waals surface area contributed by atoms with Crippen molar-refractivity contribution in [2.75, 3.05) is 24.7 Å². The van der Waals surface area contributed by atoms with Gasteiger partial charge in [-0.1, -0.05) is 48.0 Å². The maximum absolute atomic E-state index is 14.3. The molecule has 1 N–H and O–H groups in total. The predicted molar refractivity (Wildman–Crippen MR) is 131 cm³/mol. The number of hydrogen-bond donors (Lipinski definition) is 1. The molecule has 2 fully saturated rings. The monoisotopic (exact) mass is 502 g/mol. The zero-order valence-electron chi connectivity index (χ0n) is 19.0. The Balaban J connectivity index is 1.67. The highest BCUT2D eigenvalue weighted by Crippen LogP contribution is 2.61. The molecule has 1 aromatic carbocycles. The fourth-order valence-electron chi connectivity index (χ4n) is 5.77. The van der Waals surface area contributed by atoms with Crippen molar-refractivity contribution < 1.29 is 24.2 Å². The fraction of sp³-hybridized carbons (Fsp3) is 0.480. The van der Waals surface area contributed by atoms with Crippen molar-refractivity contribution >= 4 is 46.8 Å². The van der Waals surface area contributed by atoms with E-state index in [-0.39, 0.29) is 30.3 Å². The van der Waals surface area contributed by atoms with E-state index in [9.17, 15) is 19.5 Å². The van der Waals surface area contributed by atoms with Gasteiger partial charge in [0.25, 0.3) is 5.91 Å². The Labute approximate surface area is 207 Å². The van der Waals surface area contributed by atoms with Gasteiger partial charge in [0, 0.05) is 11.8 Å². The molecule has 4 aliphatic heterocycles. The van der Waals surface area contributed by atoms with Crippen molar-refractivity contribution in [1.29, 1.82) is 0 Å². The summed E-state index contributed by atoms with van der Waals surface area (Å²) in [4.78, 5) is 44.4. The summed E-state index contributed by atoms with van der Waals surface area (Å²) in [5.41, 5.74) is 1.46. The van der Waals surface area contributed by atoms with E-state index in [1.807, 2.05) is 43.4 Å². The van der Waals surface area contributed by atoms with Crippen LogP contribution in [0, 0.1) is 18.8 Å². The summed E-state index contributed by atoms with van der Waals surface area (Å²) in [6.07, 6.45) is 8.41. The number of likely N-dealkylation sites (tertiary alicyclic amines) is 1. The third-order valence-corrected chi connectivity index (χ3v) is 9.31. The Bertz CT molecular complexity index is 1090. The van der Waals surface area contributed by atoms with Gasteiger partial charge in [-0.15, -0.1) is 11.8 Å². The second kappa shape index (κ2) is 8.73. The molecule has 0 radical (unpaired) electrons. The lowest BCUT2D eigenvalue weighted by Crippen LogP contribution is -2.56. The van der Waals surface area contributed by atoms with Gasteiger partial charge in [0.05, 0.1) is 46.5 Å². The van der Waals surface area contributed by atoms with Gasteiger partial charge < -0.3 is 19.6 Å². The molecule has 2 amide bonds. The van der Waals surface area contributed by atoms with E-state index in [1.54, 1.807) is 17.9 Å². The molecule has 0 bridgehead atoms. The first kappa shape index (κ1) is 23.5. The van der Waals surface area contributed by atoms with Crippen molar-refractivity contribution in [3.05, 3.63) is 53.1 Å². The molecule has 34 heavy (non-hydrogen) atoms. The summed E-state index contributed by atoms with van der Waals surface area (Å²) in [5.74, 6) is -2.43. The molecule has 7 nitrogen and oxygen atoms in total. The van der Waals surface area contributed by atoms with E-state index in [2.05, 4.69) is 0 Å². The van der Waals surface area contributed by atoms with Crippen molar-refractivity contribution in [3.8, 4) is 0 Å². The first-order chi connectivity index (χ1) is 16.3. The van der Waals surface area contributed by atoms with Crippen LogP contribution in [0.25, 0.3) is 0 Å². The number of aliphatic hydroxyl groups is 1. The number of amides is 2. The van der Waals surface area contributed by atoms with Gasteiger partial charge in [0.2, 0.25) is 5.91 Å². The van der Waals surface area contributed by atoms with Crippen LogP contribution < -0.4 is 4.90 Å². The Hall–Kier alpha value is -2.29. The lowest BCUT2D eigenvalue weighted by Gasteiger charge is -2.37.